The van der Waals surface area contributed by atoms with Crippen LogP contribution in [-0.2, 0) is 54.1 Å². The van der Waals surface area contributed by atoms with Crippen molar-refractivity contribution < 1.29 is 56.8 Å². The minimum absolute atomic E-state index is 0.0789. The second-order valence-electron chi connectivity index (χ2n) is 10.1. The summed E-state index contributed by atoms with van der Waals surface area (Å²) < 4.78 is 49.8. The molecule has 1 aliphatic rings. The Hall–Kier alpha value is -4.36. The summed E-state index contributed by atoms with van der Waals surface area (Å²) >= 11 is 1.48. The maximum absolute atomic E-state index is 15.5. The van der Waals surface area contributed by atoms with E-state index in [-0.39, 0.29) is 23.3 Å². The van der Waals surface area contributed by atoms with E-state index in [1.54, 1.807) is 0 Å². The van der Waals surface area contributed by atoms with Gasteiger partial charge in [0.2, 0.25) is 0 Å². The van der Waals surface area contributed by atoms with E-state index in [1.165, 1.54) is 17.4 Å². The number of fused-ring (bicyclic) bond motifs is 1. The molecule has 0 bridgehead atoms. The van der Waals surface area contributed by atoms with Gasteiger partial charge in [-0.3, -0.25) is 24.0 Å². The van der Waals surface area contributed by atoms with Gasteiger partial charge in [0, 0.05) is 62.2 Å². The van der Waals surface area contributed by atoms with Crippen molar-refractivity contribution in [1.29, 1.82) is 0 Å². The molecular formula is C31H31FO11S. The number of hydrogen-bond acceptors (Lipinski definition) is 12. The highest BCUT2D eigenvalue weighted by Gasteiger charge is 2.53. The average Bonchev–Trinajstić information content (AvgIpc) is 3.33. The molecule has 5 atom stereocenters. The highest BCUT2D eigenvalue weighted by Crippen LogP contribution is 2.42. The monoisotopic (exact) mass is 630 g/mol. The Morgan fingerprint density at radius 3 is 2.05 bits per heavy atom. The molecule has 4 rings (SSSR count). The van der Waals surface area contributed by atoms with E-state index in [9.17, 15) is 24.0 Å². The van der Waals surface area contributed by atoms with Crippen LogP contribution in [0.2, 0.25) is 0 Å². The third-order valence-corrected chi connectivity index (χ3v) is 7.69. The molecule has 0 aliphatic carbocycles. The van der Waals surface area contributed by atoms with Gasteiger partial charge in [-0.2, -0.15) is 0 Å². The predicted molar refractivity (Wildman–Crippen MR) is 153 cm³/mol. The highest BCUT2D eigenvalue weighted by molar-refractivity contribution is 7.19. The molecule has 0 unspecified atom stereocenters. The molecule has 2 aromatic carbocycles. The Labute approximate surface area is 256 Å². The van der Waals surface area contributed by atoms with Gasteiger partial charge in [-0.25, -0.2) is 4.39 Å². The first-order valence-electron chi connectivity index (χ1n) is 13.6. The van der Waals surface area contributed by atoms with Gasteiger partial charge in [-0.15, -0.1) is 11.3 Å². The van der Waals surface area contributed by atoms with Gasteiger partial charge in [0.1, 0.15) is 30.4 Å². The van der Waals surface area contributed by atoms with E-state index in [1.807, 2.05) is 30.3 Å². The Morgan fingerprint density at radius 2 is 1.43 bits per heavy atom. The summed E-state index contributed by atoms with van der Waals surface area (Å²) in [6.45, 7) is 5.16. The second kappa shape index (κ2) is 14.0. The third-order valence-electron chi connectivity index (χ3n) is 6.57. The van der Waals surface area contributed by atoms with Crippen LogP contribution < -0.4 is 4.74 Å². The molecule has 13 heteroatoms. The zero-order valence-electron chi connectivity index (χ0n) is 24.6. The Bertz CT molecular complexity index is 1550. The summed E-state index contributed by atoms with van der Waals surface area (Å²) in [6, 6.07) is 12.1. The third kappa shape index (κ3) is 7.97. The van der Waals surface area contributed by atoms with Crippen LogP contribution in [0.3, 0.4) is 0 Å². The molecule has 11 nitrogen and oxygen atoms in total. The molecule has 1 saturated heterocycles. The van der Waals surface area contributed by atoms with Crippen LogP contribution >= 0.6 is 11.3 Å². The maximum atomic E-state index is 15.5. The number of carbonyl (C=O) groups is 5. The molecule has 1 aliphatic heterocycles. The Morgan fingerprint density at radius 1 is 0.795 bits per heavy atom. The van der Waals surface area contributed by atoms with Crippen LogP contribution in [0.25, 0.3) is 10.1 Å². The van der Waals surface area contributed by atoms with Crippen LogP contribution in [0.15, 0.2) is 42.5 Å². The lowest BCUT2D eigenvalue weighted by Crippen LogP contribution is -2.59. The van der Waals surface area contributed by atoms with Crippen molar-refractivity contribution in [3.05, 3.63) is 64.3 Å². The van der Waals surface area contributed by atoms with E-state index in [0.29, 0.717) is 0 Å². The van der Waals surface area contributed by atoms with Crippen molar-refractivity contribution in [1.82, 2.24) is 0 Å². The molecule has 0 saturated carbocycles. The van der Waals surface area contributed by atoms with Gasteiger partial charge in [0.25, 0.3) is 0 Å². The molecule has 1 aromatic heterocycles. The van der Waals surface area contributed by atoms with E-state index in [2.05, 4.69) is 0 Å². The highest BCUT2D eigenvalue weighted by atomic mass is 32.1. The van der Waals surface area contributed by atoms with E-state index in [4.69, 9.17) is 28.4 Å². The lowest BCUT2D eigenvalue weighted by Gasteiger charge is -2.44. The van der Waals surface area contributed by atoms with Crippen LogP contribution in [-0.4, -0.2) is 60.9 Å². The fourth-order valence-corrected chi connectivity index (χ4v) is 6.10. The Kier molecular flexibility index (Phi) is 10.3. The lowest BCUT2D eigenvalue weighted by atomic mass is 9.89. The fraction of sp³-hybridized carbons (Fsp3) is 0.387. The van der Waals surface area contributed by atoms with Gasteiger partial charge >= 0.3 is 29.8 Å². The van der Waals surface area contributed by atoms with Gasteiger partial charge < -0.3 is 28.4 Å². The summed E-state index contributed by atoms with van der Waals surface area (Å²) in [6.07, 6.45) is -6.76. The van der Waals surface area contributed by atoms with Gasteiger partial charge in [-0.05, 0) is 29.1 Å². The minimum atomic E-state index is -1.47. The van der Waals surface area contributed by atoms with Crippen molar-refractivity contribution in [2.24, 2.45) is 0 Å². The molecule has 44 heavy (non-hydrogen) atoms. The quantitative estimate of drug-likeness (QED) is 0.189. The summed E-state index contributed by atoms with van der Waals surface area (Å²) in [5.74, 6) is -4.75. The largest absolute Gasteiger partial charge is 0.463 e. The van der Waals surface area contributed by atoms with Crippen LogP contribution in [0.5, 0.6) is 5.75 Å². The van der Waals surface area contributed by atoms with Crippen molar-refractivity contribution in [2.75, 3.05) is 6.61 Å². The number of esters is 5. The number of rotatable bonds is 9. The standard InChI is InChI=1S/C31H31FO11S/c1-15(33)38-14-26-29(40-17(3)35)31(42-19(5)37)30(41-18(4)36)28(43-26)23-12-21(24(32)13-25(23)39-16(2)34)11-22-10-20-8-6-7-9-27(20)44-22/h6-10,12-13,26,28-31H,11,14H2,1-5H3/t26-,28+,29-,30+,31+/m1/s1. The summed E-state index contributed by atoms with van der Waals surface area (Å²) in [4.78, 5) is 61.2. The number of halogens is 1. The zero-order chi connectivity index (χ0) is 32.1. The van der Waals surface area contributed by atoms with Gasteiger partial charge in [-0.1, -0.05) is 18.2 Å². The molecule has 2 heterocycles. The first-order chi connectivity index (χ1) is 20.8. The van der Waals surface area contributed by atoms with Gasteiger partial charge in [0.05, 0.1) is 0 Å². The van der Waals surface area contributed by atoms with Crippen molar-refractivity contribution in [3.8, 4) is 5.75 Å². The lowest BCUT2D eigenvalue weighted by molar-refractivity contribution is -0.254. The van der Waals surface area contributed by atoms with Crippen molar-refractivity contribution >= 4 is 51.3 Å². The van der Waals surface area contributed by atoms with Crippen molar-refractivity contribution in [3.63, 3.8) is 0 Å². The normalized spacial score (nSPS) is 21.3. The number of thiophene rings is 1. The van der Waals surface area contributed by atoms with Crippen LogP contribution in [0.1, 0.15) is 56.7 Å². The smallest absolute Gasteiger partial charge is 0.308 e. The fourth-order valence-electron chi connectivity index (χ4n) is 5.01. The Balaban J connectivity index is 1.86. The van der Waals surface area contributed by atoms with Gasteiger partial charge in [0.15, 0.2) is 18.3 Å². The topological polar surface area (TPSA) is 141 Å². The summed E-state index contributed by atoms with van der Waals surface area (Å²) in [7, 11) is 0. The molecule has 0 radical (unpaired) electrons. The molecule has 234 valence electrons. The molecule has 0 amide bonds. The van der Waals surface area contributed by atoms with Crippen molar-refractivity contribution in [2.45, 2.75) is 71.6 Å². The maximum Gasteiger partial charge on any atom is 0.308 e. The van der Waals surface area contributed by atoms with E-state index in [0.717, 1.165) is 55.6 Å². The van der Waals surface area contributed by atoms with Crippen LogP contribution in [0, 0.1) is 5.82 Å². The van der Waals surface area contributed by atoms with Crippen LogP contribution in [0.4, 0.5) is 4.39 Å². The molecule has 0 N–H and O–H groups in total. The average molecular weight is 631 g/mol. The molecule has 3 aromatic rings. The second-order valence-corrected chi connectivity index (χ2v) is 11.3. The predicted octanol–water partition coefficient (Wildman–Crippen LogP) is 4.35. The summed E-state index contributed by atoms with van der Waals surface area (Å²) in [5.41, 5.74) is 0.283. The number of ether oxygens (including phenoxy) is 6. The van der Waals surface area contributed by atoms with E-state index >= 15 is 4.39 Å². The first-order valence-corrected chi connectivity index (χ1v) is 14.4. The number of benzene rings is 2. The molecule has 0 spiro atoms. The van der Waals surface area contributed by atoms with E-state index < -0.39 is 72.8 Å². The molecular weight excluding hydrogens is 599 g/mol. The number of hydrogen-bond donors (Lipinski definition) is 0. The SMILES string of the molecule is CC(=O)OC[C@H]1O[C@@H](c2cc(Cc3cc4ccccc4s3)c(F)cc2OC(C)=O)[C@H](OC(C)=O)[C@@H](OC(C)=O)[C@@H]1OC(C)=O. The summed E-state index contributed by atoms with van der Waals surface area (Å²) in [5, 5.41) is 0.990. The number of carbonyl (C=O) groups excluding carboxylic acids is 5. The zero-order valence-corrected chi connectivity index (χ0v) is 25.4. The molecule has 1 fully saturated rings. The minimum Gasteiger partial charge on any atom is -0.463 e. The first kappa shape index (κ1) is 32.6.